The standard InChI is InChI=1S/C11H7ClFN3O2/c1-6-4-7(2-3-8(6)13)9-10(16(17)18)11(12)15-5-14-9/h2-5H,1H3. The highest BCUT2D eigenvalue weighted by atomic mass is 35.5. The van der Waals surface area contributed by atoms with Gasteiger partial charge in [0.25, 0.3) is 0 Å². The molecule has 1 heterocycles. The van der Waals surface area contributed by atoms with Gasteiger partial charge in [-0.25, -0.2) is 14.4 Å². The first-order valence-corrected chi connectivity index (χ1v) is 5.30. The van der Waals surface area contributed by atoms with Crippen LogP contribution in [0.15, 0.2) is 24.5 Å². The number of rotatable bonds is 2. The Kier molecular flexibility index (Phi) is 3.20. The van der Waals surface area contributed by atoms with Gasteiger partial charge in [-0.1, -0.05) is 11.6 Å². The Hall–Kier alpha value is -2.08. The molecule has 0 atom stereocenters. The number of halogens is 2. The second-order valence-electron chi connectivity index (χ2n) is 3.58. The van der Waals surface area contributed by atoms with E-state index in [2.05, 4.69) is 9.97 Å². The van der Waals surface area contributed by atoms with Crippen LogP contribution in [0.5, 0.6) is 0 Å². The zero-order valence-electron chi connectivity index (χ0n) is 9.22. The van der Waals surface area contributed by atoms with E-state index in [4.69, 9.17) is 11.6 Å². The lowest BCUT2D eigenvalue weighted by molar-refractivity contribution is -0.384. The van der Waals surface area contributed by atoms with Crippen LogP contribution in [0, 0.1) is 22.9 Å². The van der Waals surface area contributed by atoms with Gasteiger partial charge >= 0.3 is 5.69 Å². The van der Waals surface area contributed by atoms with Gasteiger partial charge in [0.05, 0.1) is 4.92 Å². The van der Waals surface area contributed by atoms with Crippen molar-refractivity contribution in [1.82, 2.24) is 9.97 Å². The monoisotopic (exact) mass is 267 g/mol. The fourth-order valence-electron chi connectivity index (χ4n) is 1.52. The molecule has 0 fully saturated rings. The van der Waals surface area contributed by atoms with Crippen LogP contribution >= 0.6 is 11.6 Å². The Balaban J connectivity index is 2.67. The fraction of sp³-hybridized carbons (Fsp3) is 0.0909. The topological polar surface area (TPSA) is 68.9 Å². The zero-order valence-corrected chi connectivity index (χ0v) is 9.98. The number of aromatic nitrogens is 2. The highest BCUT2D eigenvalue weighted by molar-refractivity contribution is 6.31. The molecule has 0 aliphatic rings. The molecule has 2 rings (SSSR count). The molecule has 18 heavy (non-hydrogen) atoms. The van der Waals surface area contributed by atoms with Crippen LogP contribution < -0.4 is 0 Å². The molecule has 1 aromatic heterocycles. The smallest absolute Gasteiger partial charge is 0.258 e. The van der Waals surface area contributed by atoms with Crippen LogP contribution in [0.1, 0.15) is 5.56 Å². The van der Waals surface area contributed by atoms with Crippen molar-refractivity contribution in [3.63, 3.8) is 0 Å². The molecule has 0 spiro atoms. The van der Waals surface area contributed by atoms with Gasteiger partial charge in [-0.15, -0.1) is 0 Å². The molecule has 7 heteroatoms. The number of aryl methyl sites for hydroxylation is 1. The SMILES string of the molecule is Cc1cc(-c2ncnc(Cl)c2[N+](=O)[O-])ccc1F. The van der Waals surface area contributed by atoms with Gasteiger partial charge in [0, 0.05) is 5.56 Å². The van der Waals surface area contributed by atoms with E-state index in [9.17, 15) is 14.5 Å². The van der Waals surface area contributed by atoms with Gasteiger partial charge in [-0.2, -0.15) is 0 Å². The minimum absolute atomic E-state index is 0.0723. The average Bonchev–Trinajstić information content (AvgIpc) is 2.32. The van der Waals surface area contributed by atoms with Crippen molar-refractivity contribution in [2.24, 2.45) is 0 Å². The molecule has 0 saturated carbocycles. The van der Waals surface area contributed by atoms with E-state index in [1.165, 1.54) is 18.2 Å². The van der Waals surface area contributed by atoms with Gasteiger partial charge in [0.2, 0.25) is 5.15 Å². The summed E-state index contributed by atoms with van der Waals surface area (Å²) in [5.74, 6) is -0.387. The van der Waals surface area contributed by atoms with Crippen LogP contribution in [0.3, 0.4) is 0 Å². The Morgan fingerprint density at radius 3 is 2.72 bits per heavy atom. The lowest BCUT2D eigenvalue weighted by Crippen LogP contribution is -1.98. The third-order valence-corrected chi connectivity index (χ3v) is 2.67. The van der Waals surface area contributed by atoms with Crippen molar-refractivity contribution in [1.29, 1.82) is 0 Å². The summed E-state index contributed by atoms with van der Waals surface area (Å²) in [5, 5.41) is 10.7. The maximum Gasteiger partial charge on any atom is 0.332 e. The number of nitro groups is 1. The molecule has 2 aromatic rings. The predicted molar refractivity (Wildman–Crippen MR) is 63.8 cm³/mol. The minimum Gasteiger partial charge on any atom is -0.258 e. The van der Waals surface area contributed by atoms with Crippen molar-refractivity contribution in [3.05, 3.63) is 51.2 Å². The first-order valence-electron chi connectivity index (χ1n) is 4.92. The van der Waals surface area contributed by atoms with E-state index in [0.717, 1.165) is 6.33 Å². The summed E-state index contributed by atoms with van der Waals surface area (Å²) in [5.41, 5.74) is 0.481. The number of hydrogen-bond acceptors (Lipinski definition) is 4. The molecule has 1 aromatic carbocycles. The highest BCUT2D eigenvalue weighted by Crippen LogP contribution is 2.32. The van der Waals surface area contributed by atoms with Crippen LogP contribution in [-0.2, 0) is 0 Å². The van der Waals surface area contributed by atoms with E-state index >= 15 is 0 Å². The molecule has 0 unspecified atom stereocenters. The van der Waals surface area contributed by atoms with Crippen molar-refractivity contribution >= 4 is 17.3 Å². The van der Waals surface area contributed by atoms with Crippen LogP contribution in [0.4, 0.5) is 10.1 Å². The van der Waals surface area contributed by atoms with Crippen molar-refractivity contribution in [2.45, 2.75) is 6.92 Å². The van der Waals surface area contributed by atoms with Crippen molar-refractivity contribution in [3.8, 4) is 11.3 Å². The molecule has 0 N–H and O–H groups in total. The summed E-state index contributed by atoms with van der Waals surface area (Å²) in [6, 6.07) is 4.11. The van der Waals surface area contributed by atoms with E-state index < -0.39 is 4.92 Å². The quantitative estimate of drug-likeness (QED) is 0.476. The molecule has 0 aliphatic carbocycles. The van der Waals surface area contributed by atoms with Gasteiger partial charge in [-0.3, -0.25) is 10.1 Å². The number of benzene rings is 1. The Morgan fingerprint density at radius 1 is 1.39 bits per heavy atom. The molecule has 0 amide bonds. The number of hydrogen-bond donors (Lipinski definition) is 0. The molecule has 0 aliphatic heterocycles. The summed E-state index contributed by atoms with van der Waals surface area (Å²) in [7, 11) is 0. The van der Waals surface area contributed by atoms with Gasteiger partial charge < -0.3 is 0 Å². The van der Waals surface area contributed by atoms with Gasteiger partial charge in [0.15, 0.2) is 5.69 Å². The lowest BCUT2D eigenvalue weighted by atomic mass is 10.1. The summed E-state index contributed by atoms with van der Waals surface area (Å²) in [6.45, 7) is 1.56. The number of nitrogens with zero attached hydrogens (tertiary/aromatic N) is 3. The summed E-state index contributed by atoms with van der Waals surface area (Å²) < 4.78 is 13.2. The molecule has 0 bridgehead atoms. The molecule has 92 valence electrons. The molecule has 0 radical (unpaired) electrons. The van der Waals surface area contributed by atoms with Crippen LogP contribution in [0.2, 0.25) is 5.15 Å². The third kappa shape index (κ3) is 2.14. The Bertz CT molecular complexity index is 634. The van der Waals surface area contributed by atoms with Crippen molar-refractivity contribution < 1.29 is 9.31 Å². The second kappa shape index (κ2) is 4.66. The average molecular weight is 268 g/mol. The normalized spacial score (nSPS) is 10.4. The largest absolute Gasteiger partial charge is 0.332 e. The molecular weight excluding hydrogens is 261 g/mol. The van der Waals surface area contributed by atoms with Crippen molar-refractivity contribution in [2.75, 3.05) is 0 Å². The van der Waals surface area contributed by atoms with Crippen LogP contribution in [-0.4, -0.2) is 14.9 Å². The van der Waals surface area contributed by atoms with E-state index in [0.29, 0.717) is 11.1 Å². The maximum atomic E-state index is 13.2. The Labute approximate surface area is 106 Å². The third-order valence-electron chi connectivity index (χ3n) is 2.39. The van der Waals surface area contributed by atoms with E-state index in [-0.39, 0.29) is 22.4 Å². The van der Waals surface area contributed by atoms with Gasteiger partial charge in [-0.05, 0) is 30.7 Å². The molecule has 0 saturated heterocycles. The van der Waals surface area contributed by atoms with Crippen LogP contribution in [0.25, 0.3) is 11.3 Å². The summed E-state index contributed by atoms with van der Waals surface area (Å²) in [6.07, 6.45) is 1.13. The first-order chi connectivity index (χ1) is 8.50. The maximum absolute atomic E-state index is 13.2. The molecular formula is C11H7ClFN3O2. The minimum atomic E-state index is -0.656. The Morgan fingerprint density at radius 2 is 2.11 bits per heavy atom. The van der Waals surface area contributed by atoms with Gasteiger partial charge in [0.1, 0.15) is 12.1 Å². The first kappa shape index (κ1) is 12.4. The molecule has 5 nitrogen and oxygen atoms in total. The summed E-state index contributed by atoms with van der Waals surface area (Å²) >= 11 is 5.68. The summed E-state index contributed by atoms with van der Waals surface area (Å²) in [4.78, 5) is 17.7. The lowest BCUT2D eigenvalue weighted by Gasteiger charge is -2.04. The fourth-order valence-corrected chi connectivity index (χ4v) is 1.72. The predicted octanol–water partition coefficient (Wildman–Crippen LogP) is 3.15. The van der Waals surface area contributed by atoms with E-state index in [1.54, 1.807) is 6.92 Å². The highest BCUT2D eigenvalue weighted by Gasteiger charge is 2.22. The zero-order chi connectivity index (χ0) is 13.3. The second-order valence-corrected chi connectivity index (χ2v) is 3.94. The van der Waals surface area contributed by atoms with E-state index in [1.807, 2.05) is 0 Å².